The predicted octanol–water partition coefficient (Wildman–Crippen LogP) is 2.24. The maximum Gasteiger partial charge on any atom is 0.0241 e. The maximum atomic E-state index is 5.82. The summed E-state index contributed by atoms with van der Waals surface area (Å²) in [7, 11) is 0. The minimum absolute atomic E-state index is 0.557. The summed E-state index contributed by atoms with van der Waals surface area (Å²) in [6.07, 6.45) is 6.82. The van der Waals surface area contributed by atoms with Crippen molar-refractivity contribution in [3.05, 3.63) is 0 Å². The van der Waals surface area contributed by atoms with E-state index in [0.29, 0.717) is 5.54 Å². The van der Waals surface area contributed by atoms with Gasteiger partial charge in [0.25, 0.3) is 0 Å². The summed E-state index contributed by atoms with van der Waals surface area (Å²) in [4.78, 5) is 2.66. The zero-order valence-corrected chi connectivity index (χ0v) is 7.74. The van der Waals surface area contributed by atoms with Crippen LogP contribution in [0.25, 0.3) is 0 Å². The molecule has 2 fully saturated rings. The van der Waals surface area contributed by atoms with E-state index < -0.39 is 0 Å². The molecule has 64 valence electrons. The summed E-state index contributed by atoms with van der Waals surface area (Å²) in [5.74, 6) is 0.844. The molecular weight excluding hydrogens is 158 g/mol. The van der Waals surface area contributed by atoms with Gasteiger partial charge in [0.05, 0.1) is 0 Å². The molecule has 0 bridgehead atoms. The van der Waals surface area contributed by atoms with Gasteiger partial charge < -0.3 is 0 Å². The third-order valence-corrected chi connectivity index (χ3v) is 3.56. The fraction of sp³-hybridized carbons (Fsp3) is 1.00. The Morgan fingerprint density at radius 3 is 2.36 bits per heavy atom. The second-order valence-electron chi connectivity index (χ2n) is 3.86. The molecule has 0 aliphatic carbocycles. The number of fused-ring (bicyclic) bond motifs is 1. The van der Waals surface area contributed by atoms with Gasteiger partial charge in [0.15, 0.2) is 0 Å². The van der Waals surface area contributed by atoms with Gasteiger partial charge in [0, 0.05) is 11.4 Å². The first-order chi connectivity index (χ1) is 5.37. The van der Waals surface area contributed by atoms with E-state index in [-0.39, 0.29) is 0 Å². The Balaban J connectivity index is 2.07. The molecule has 0 spiro atoms. The lowest BCUT2D eigenvalue weighted by Gasteiger charge is -2.31. The Labute approximate surface area is 73.7 Å². The van der Waals surface area contributed by atoms with Crippen LogP contribution >= 0.6 is 11.6 Å². The molecule has 2 aliphatic heterocycles. The minimum Gasteiger partial charge on any atom is -0.298 e. The molecule has 0 radical (unpaired) electrons. The van der Waals surface area contributed by atoms with Crippen LogP contribution in [0.5, 0.6) is 0 Å². The van der Waals surface area contributed by atoms with Crippen molar-refractivity contribution in [2.24, 2.45) is 0 Å². The largest absolute Gasteiger partial charge is 0.298 e. The summed E-state index contributed by atoms with van der Waals surface area (Å²) in [6.45, 7) is 2.66. The Kier molecular flexibility index (Phi) is 2.11. The minimum atomic E-state index is 0.557. The summed E-state index contributed by atoms with van der Waals surface area (Å²) < 4.78 is 0. The fourth-order valence-electron chi connectivity index (χ4n) is 2.81. The van der Waals surface area contributed by atoms with E-state index in [1.165, 1.54) is 45.2 Å². The first kappa shape index (κ1) is 7.88. The van der Waals surface area contributed by atoms with Crippen LogP contribution < -0.4 is 0 Å². The van der Waals surface area contributed by atoms with E-state index in [0.717, 1.165) is 5.88 Å². The van der Waals surface area contributed by atoms with Crippen LogP contribution in [0.1, 0.15) is 32.1 Å². The van der Waals surface area contributed by atoms with Gasteiger partial charge in [-0.15, -0.1) is 11.6 Å². The summed E-state index contributed by atoms with van der Waals surface area (Å²) in [6, 6.07) is 0. The second-order valence-corrected chi connectivity index (χ2v) is 4.24. The van der Waals surface area contributed by atoms with Crippen molar-refractivity contribution in [1.82, 2.24) is 4.90 Å². The molecular formula is C9H16ClN. The molecule has 2 heteroatoms. The van der Waals surface area contributed by atoms with Crippen molar-refractivity contribution in [2.75, 3.05) is 19.0 Å². The molecule has 1 nitrogen and oxygen atoms in total. The van der Waals surface area contributed by atoms with Gasteiger partial charge in [0.2, 0.25) is 0 Å². The summed E-state index contributed by atoms with van der Waals surface area (Å²) in [5.41, 5.74) is 0.557. The molecule has 0 aromatic heterocycles. The molecule has 0 aromatic rings. The van der Waals surface area contributed by atoms with Gasteiger partial charge in [-0.1, -0.05) is 0 Å². The summed E-state index contributed by atoms with van der Waals surface area (Å²) in [5, 5.41) is 0. The number of hydrogen-bond donors (Lipinski definition) is 0. The highest BCUT2D eigenvalue weighted by molar-refractivity contribution is 6.17. The normalized spacial score (nSPS) is 29.2. The summed E-state index contributed by atoms with van der Waals surface area (Å²) >= 11 is 5.82. The zero-order chi connectivity index (χ0) is 7.73. The Bertz CT molecular complexity index is 136. The Morgan fingerprint density at radius 2 is 1.82 bits per heavy atom. The molecule has 0 aromatic carbocycles. The van der Waals surface area contributed by atoms with E-state index in [4.69, 9.17) is 11.6 Å². The molecule has 2 saturated heterocycles. The lowest BCUT2D eigenvalue weighted by molar-refractivity contribution is 0.190. The van der Waals surface area contributed by atoms with E-state index in [2.05, 4.69) is 4.90 Å². The topological polar surface area (TPSA) is 3.24 Å². The lowest BCUT2D eigenvalue weighted by atomic mass is 9.91. The van der Waals surface area contributed by atoms with E-state index in [1.807, 2.05) is 0 Å². The third kappa shape index (κ3) is 1.19. The highest BCUT2D eigenvalue weighted by atomic mass is 35.5. The van der Waals surface area contributed by atoms with Crippen LogP contribution in [-0.2, 0) is 0 Å². The van der Waals surface area contributed by atoms with Crippen molar-refractivity contribution < 1.29 is 0 Å². The monoisotopic (exact) mass is 173 g/mol. The first-order valence-corrected chi connectivity index (χ1v) is 5.22. The first-order valence-electron chi connectivity index (χ1n) is 4.68. The molecule has 0 unspecified atom stereocenters. The highest BCUT2D eigenvalue weighted by Gasteiger charge is 2.43. The van der Waals surface area contributed by atoms with E-state index in [1.54, 1.807) is 0 Å². The average molecular weight is 174 g/mol. The third-order valence-electron chi connectivity index (χ3n) is 3.37. The number of nitrogens with zero attached hydrogens (tertiary/aromatic N) is 1. The highest BCUT2D eigenvalue weighted by Crippen LogP contribution is 2.41. The fourth-order valence-corrected chi connectivity index (χ4v) is 3.16. The number of rotatable bonds is 2. The van der Waals surface area contributed by atoms with Crippen LogP contribution in [0.2, 0.25) is 0 Å². The number of alkyl halides is 1. The van der Waals surface area contributed by atoms with Crippen molar-refractivity contribution in [3.63, 3.8) is 0 Å². The maximum absolute atomic E-state index is 5.82. The van der Waals surface area contributed by atoms with Crippen LogP contribution in [0.4, 0.5) is 0 Å². The van der Waals surface area contributed by atoms with Gasteiger partial charge in [-0.2, -0.15) is 0 Å². The van der Waals surface area contributed by atoms with Crippen molar-refractivity contribution in [2.45, 2.75) is 37.6 Å². The smallest absolute Gasteiger partial charge is 0.0241 e. The van der Waals surface area contributed by atoms with E-state index in [9.17, 15) is 0 Å². The second kappa shape index (κ2) is 2.95. The number of hydrogen-bond acceptors (Lipinski definition) is 1. The molecule has 2 rings (SSSR count). The molecule has 2 aliphatic rings. The SMILES string of the molecule is ClCCC12CCCN1CCC2. The van der Waals surface area contributed by atoms with Gasteiger partial charge in [0.1, 0.15) is 0 Å². The Hall–Kier alpha value is 0.250. The molecule has 0 amide bonds. The van der Waals surface area contributed by atoms with Gasteiger partial charge in [-0.3, -0.25) is 4.90 Å². The molecule has 2 heterocycles. The molecule has 0 N–H and O–H groups in total. The van der Waals surface area contributed by atoms with Crippen LogP contribution in [-0.4, -0.2) is 29.4 Å². The van der Waals surface area contributed by atoms with Gasteiger partial charge in [-0.25, -0.2) is 0 Å². The van der Waals surface area contributed by atoms with Crippen LogP contribution in [0, 0.1) is 0 Å². The zero-order valence-electron chi connectivity index (χ0n) is 6.98. The van der Waals surface area contributed by atoms with E-state index >= 15 is 0 Å². The lowest BCUT2D eigenvalue weighted by Crippen LogP contribution is -2.38. The standard InChI is InChI=1S/C9H16ClN/c10-6-5-9-3-1-7-11(9)8-2-4-9/h1-8H2. The predicted molar refractivity (Wildman–Crippen MR) is 48.1 cm³/mol. The quantitative estimate of drug-likeness (QED) is 0.579. The average Bonchev–Trinajstić information content (AvgIpc) is 2.45. The van der Waals surface area contributed by atoms with Gasteiger partial charge in [-0.05, 0) is 45.2 Å². The molecule has 0 atom stereocenters. The van der Waals surface area contributed by atoms with Crippen molar-refractivity contribution in [1.29, 1.82) is 0 Å². The van der Waals surface area contributed by atoms with Crippen molar-refractivity contribution >= 4 is 11.6 Å². The van der Waals surface area contributed by atoms with Gasteiger partial charge >= 0.3 is 0 Å². The Morgan fingerprint density at radius 1 is 1.18 bits per heavy atom. The molecule has 11 heavy (non-hydrogen) atoms. The van der Waals surface area contributed by atoms with Crippen LogP contribution in [0.15, 0.2) is 0 Å². The molecule has 0 saturated carbocycles. The number of halogens is 1. The van der Waals surface area contributed by atoms with Crippen molar-refractivity contribution in [3.8, 4) is 0 Å². The van der Waals surface area contributed by atoms with Crippen LogP contribution in [0.3, 0.4) is 0 Å².